The Bertz CT molecular complexity index is 882. The first-order valence-corrected chi connectivity index (χ1v) is 11.5. The number of ether oxygens (including phenoxy) is 2. The molecule has 2 unspecified atom stereocenters. The van der Waals surface area contributed by atoms with Crippen LogP contribution in [-0.2, 0) is 9.47 Å². The molecule has 0 saturated carbocycles. The average molecular weight is 467 g/mol. The Balaban J connectivity index is 2.11. The quantitative estimate of drug-likeness (QED) is 0.333. The van der Waals surface area contributed by atoms with Crippen molar-refractivity contribution >= 4 is 23.6 Å². The highest BCUT2D eigenvalue weighted by Crippen LogP contribution is 2.19. The summed E-state index contributed by atoms with van der Waals surface area (Å²) in [6.07, 6.45) is 0.00477. The van der Waals surface area contributed by atoms with Gasteiger partial charge in [-0.2, -0.15) is 10.2 Å². The highest BCUT2D eigenvalue weighted by molar-refractivity contribution is 5.87. The molecule has 0 radical (unpaired) electrons. The van der Waals surface area contributed by atoms with E-state index in [1.54, 1.807) is 13.8 Å². The van der Waals surface area contributed by atoms with E-state index in [4.69, 9.17) is 9.47 Å². The van der Waals surface area contributed by atoms with Crippen molar-refractivity contribution in [1.82, 2.24) is 10.6 Å². The summed E-state index contributed by atoms with van der Waals surface area (Å²) < 4.78 is 10.1. The smallest absolute Gasteiger partial charge is 0.407 e. The topological polar surface area (TPSA) is 101 Å². The van der Waals surface area contributed by atoms with E-state index in [9.17, 15) is 9.59 Å². The molecule has 0 fully saturated rings. The predicted molar refractivity (Wildman–Crippen MR) is 134 cm³/mol. The number of rotatable bonds is 11. The van der Waals surface area contributed by atoms with Crippen LogP contribution in [0.4, 0.5) is 9.59 Å². The summed E-state index contributed by atoms with van der Waals surface area (Å²) in [5, 5.41) is 14.5. The maximum atomic E-state index is 12.0. The first-order chi connectivity index (χ1) is 16.4. The molecule has 0 saturated heterocycles. The van der Waals surface area contributed by atoms with Crippen molar-refractivity contribution in [3.8, 4) is 0 Å². The van der Waals surface area contributed by atoms with Gasteiger partial charge in [0.25, 0.3) is 0 Å². The van der Waals surface area contributed by atoms with E-state index in [1.165, 1.54) is 0 Å². The summed E-state index contributed by atoms with van der Waals surface area (Å²) in [5.74, 6) is 0. The number of nitrogens with zero attached hydrogens (tertiary/aromatic N) is 2. The van der Waals surface area contributed by atoms with E-state index < -0.39 is 12.2 Å². The number of hydrogen-bond acceptors (Lipinski definition) is 6. The zero-order valence-electron chi connectivity index (χ0n) is 20.3. The fraction of sp³-hybridized carbons (Fsp3) is 0.385. The lowest BCUT2D eigenvalue weighted by Crippen LogP contribution is -2.30. The van der Waals surface area contributed by atoms with Crippen LogP contribution in [0.3, 0.4) is 0 Å². The monoisotopic (exact) mass is 466 g/mol. The third-order valence-electron chi connectivity index (χ3n) is 4.93. The molecule has 8 heteroatoms. The fourth-order valence-corrected chi connectivity index (χ4v) is 3.35. The molecule has 0 aliphatic rings. The molecular weight excluding hydrogens is 432 g/mol. The Morgan fingerprint density at radius 1 is 0.706 bits per heavy atom. The third kappa shape index (κ3) is 9.44. The van der Waals surface area contributed by atoms with Crippen molar-refractivity contribution in [2.45, 2.75) is 52.6 Å². The number of hydrogen-bond donors (Lipinski definition) is 2. The summed E-state index contributed by atoms with van der Waals surface area (Å²) in [5.41, 5.74) is 3.40. The summed E-state index contributed by atoms with van der Waals surface area (Å²) in [7, 11) is 0. The maximum Gasteiger partial charge on any atom is 0.407 e. The number of amides is 2. The van der Waals surface area contributed by atoms with E-state index in [0.29, 0.717) is 26.1 Å². The molecule has 2 rings (SSSR count). The molecule has 2 atom stereocenters. The summed E-state index contributed by atoms with van der Waals surface area (Å²) in [4.78, 5) is 24.0. The van der Waals surface area contributed by atoms with Crippen molar-refractivity contribution in [2.75, 3.05) is 13.2 Å². The zero-order chi connectivity index (χ0) is 24.8. The Morgan fingerprint density at radius 3 is 1.38 bits per heavy atom. The summed E-state index contributed by atoms with van der Waals surface area (Å²) in [6, 6.07) is 18.7. The lowest BCUT2D eigenvalue weighted by Gasteiger charge is -2.19. The Morgan fingerprint density at radius 2 is 1.06 bits per heavy atom. The molecule has 0 spiro atoms. The molecule has 0 heterocycles. The maximum absolute atomic E-state index is 12.0. The third-order valence-corrected chi connectivity index (χ3v) is 4.93. The molecule has 2 aromatic rings. The molecule has 0 bridgehead atoms. The van der Waals surface area contributed by atoms with Crippen molar-refractivity contribution in [3.63, 3.8) is 0 Å². The van der Waals surface area contributed by atoms with Crippen LogP contribution < -0.4 is 10.6 Å². The predicted octanol–water partition coefficient (Wildman–Crippen LogP) is 5.58. The first-order valence-electron chi connectivity index (χ1n) is 11.5. The Hall–Kier alpha value is -3.68. The van der Waals surface area contributed by atoms with Crippen molar-refractivity contribution in [2.24, 2.45) is 10.2 Å². The molecule has 182 valence electrons. The second-order valence-corrected chi connectivity index (χ2v) is 7.73. The zero-order valence-corrected chi connectivity index (χ0v) is 20.3. The largest absolute Gasteiger partial charge is 0.450 e. The molecule has 2 N–H and O–H groups in total. The molecule has 34 heavy (non-hydrogen) atoms. The summed E-state index contributed by atoms with van der Waals surface area (Å²) >= 11 is 0. The normalized spacial score (nSPS) is 13.5. The minimum absolute atomic E-state index is 0.290. The van der Waals surface area contributed by atoms with E-state index in [2.05, 4.69) is 20.8 Å². The second kappa shape index (κ2) is 14.5. The molecule has 8 nitrogen and oxygen atoms in total. The van der Waals surface area contributed by atoms with Crippen LogP contribution in [0.2, 0.25) is 0 Å². The molecule has 0 aromatic heterocycles. The van der Waals surface area contributed by atoms with Gasteiger partial charge in [0, 0.05) is 24.3 Å². The minimum atomic E-state index is -0.473. The number of carbonyl (C=O) groups excluding carboxylic acids is 2. The SMILES string of the molecule is CCOC(=O)NC(C/C(C)=N/N=C(\C)CC(NC(=O)OCC)c1ccccc1)c1ccccc1. The van der Waals surface area contributed by atoms with Gasteiger partial charge in [0.2, 0.25) is 0 Å². The van der Waals surface area contributed by atoms with Crippen LogP contribution in [0.15, 0.2) is 70.9 Å². The highest BCUT2D eigenvalue weighted by Gasteiger charge is 2.18. The summed E-state index contributed by atoms with van der Waals surface area (Å²) in [6.45, 7) is 7.86. The van der Waals surface area contributed by atoms with Gasteiger partial charge in [0.1, 0.15) is 0 Å². The van der Waals surface area contributed by atoms with Crippen LogP contribution in [0.25, 0.3) is 0 Å². The number of carbonyl (C=O) groups is 2. The fourth-order valence-electron chi connectivity index (χ4n) is 3.35. The van der Waals surface area contributed by atoms with Crippen molar-refractivity contribution < 1.29 is 19.1 Å². The van der Waals surface area contributed by atoms with Gasteiger partial charge in [-0.05, 0) is 38.8 Å². The van der Waals surface area contributed by atoms with E-state index in [1.807, 2.05) is 74.5 Å². The Kier molecular flexibility index (Phi) is 11.3. The van der Waals surface area contributed by atoms with Gasteiger partial charge in [-0.1, -0.05) is 60.7 Å². The standard InChI is InChI=1S/C26H34N4O4/c1-5-33-25(31)27-23(21-13-9-7-10-14-21)17-19(3)29-30-20(4)18-24(28-26(32)34-6-2)22-15-11-8-12-16-22/h7-16,23-24H,5-6,17-18H2,1-4H3,(H,27,31)(H,28,32)/b29-19+,30-20+. The average Bonchev–Trinajstić information content (AvgIpc) is 2.83. The molecule has 2 amide bonds. The van der Waals surface area contributed by atoms with E-state index in [0.717, 1.165) is 22.6 Å². The lowest BCUT2D eigenvalue weighted by molar-refractivity contribution is 0.147. The highest BCUT2D eigenvalue weighted by atomic mass is 16.6. The van der Waals surface area contributed by atoms with E-state index in [-0.39, 0.29) is 12.1 Å². The molecule has 2 aromatic carbocycles. The van der Waals surface area contributed by atoms with Gasteiger partial charge in [0.05, 0.1) is 25.3 Å². The van der Waals surface area contributed by atoms with Gasteiger partial charge in [-0.15, -0.1) is 0 Å². The molecule has 0 aliphatic carbocycles. The number of alkyl carbamates (subject to hydrolysis) is 2. The van der Waals surface area contributed by atoms with Gasteiger partial charge < -0.3 is 20.1 Å². The minimum Gasteiger partial charge on any atom is -0.450 e. The Labute approximate surface area is 201 Å². The van der Waals surface area contributed by atoms with Crippen LogP contribution >= 0.6 is 0 Å². The molecule has 0 aliphatic heterocycles. The van der Waals surface area contributed by atoms with Crippen LogP contribution in [0.1, 0.15) is 63.7 Å². The lowest BCUT2D eigenvalue weighted by atomic mass is 10.0. The van der Waals surface area contributed by atoms with Crippen molar-refractivity contribution in [1.29, 1.82) is 0 Å². The van der Waals surface area contributed by atoms with Gasteiger partial charge in [0.15, 0.2) is 0 Å². The number of nitrogens with one attached hydrogen (secondary N) is 2. The van der Waals surface area contributed by atoms with E-state index >= 15 is 0 Å². The van der Waals surface area contributed by atoms with Crippen molar-refractivity contribution in [3.05, 3.63) is 71.8 Å². The van der Waals surface area contributed by atoms with Crippen LogP contribution in [-0.4, -0.2) is 36.8 Å². The van der Waals surface area contributed by atoms with Crippen LogP contribution in [0.5, 0.6) is 0 Å². The second-order valence-electron chi connectivity index (χ2n) is 7.73. The van der Waals surface area contributed by atoms with Gasteiger partial charge in [-0.3, -0.25) is 0 Å². The first kappa shape index (κ1) is 26.6. The van der Waals surface area contributed by atoms with Gasteiger partial charge in [-0.25, -0.2) is 9.59 Å². The number of benzene rings is 2. The van der Waals surface area contributed by atoms with Gasteiger partial charge >= 0.3 is 12.2 Å². The molecular formula is C26H34N4O4. The van der Waals surface area contributed by atoms with Crippen LogP contribution in [0, 0.1) is 0 Å².